The van der Waals surface area contributed by atoms with Crippen LogP contribution in [0, 0.1) is 12.8 Å². The first kappa shape index (κ1) is 15.5. The first-order valence-corrected chi connectivity index (χ1v) is 6.92. The molecule has 1 amide bonds. The smallest absolute Gasteiger partial charge is 0.305 e. The Morgan fingerprint density at radius 1 is 1.33 bits per heavy atom. The van der Waals surface area contributed by atoms with Crippen LogP contribution >= 0.6 is 0 Å². The van der Waals surface area contributed by atoms with E-state index in [-0.39, 0.29) is 31.5 Å². The summed E-state index contributed by atoms with van der Waals surface area (Å²) in [4.78, 5) is 24.9. The number of carboxylic acid groups (broad SMARTS) is 1. The summed E-state index contributed by atoms with van der Waals surface area (Å²) >= 11 is 0. The largest absolute Gasteiger partial charge is 0.481 e. The van der Waals surface area contributed by atoms with Crippen LogP contribution in [0.25, 0.3) is 0 Å². The Hall–Kier alpha value is -1.92. The van der Waals surface area contributed by atoms with E-state index in [4.69, 9.17) is 15.6 Å². The van der Waals surface area contributed by atoms with Crippen molar-refractivity contribution in [2.75, 3.05) is 24.7 Å². The molecule has 0 aromatic heterocycles. The van der Waals surface area contributed by atoms with Crippen molar-refractivity contribution in [2.45, 2.75) is 19.4 Å². The summed E-state index contributed by atoms with van der Waals surface area (Å²) in [6, 6.07) is 7.07. The van der Waals surface area contributed by atoms with Gasteiger partial charge in [-0.15, -0.1) is 0 Å². The molecular weight excluding hydrogens is 272 g/mol. The molecule has 0 aliphatic carbocycles. The van der Waals surface area contributed by atoms with Crippen molar-refractivity contribution in [3.63, 3.8) is 0 Å². The Bertz CT molecular complexity index is 515. The second kappa shape index (κ2) is 6.69. The van der Waals surface area contributed by atoms with Crippen molar-refractivity contribution in [2.24, 2.45) is 11.7 Å². The van der Waals surface area contributed by atoms with Gasteiger partial charge in [-0.3, -0.25) is 9.59 Å². The van der Waals surface area contributed by atoms with E-state index in [1.54, 1.807) is 0 Å². The number of anilines is 1. The quantitative estimate of drug-likeness (QED) is 0.836. The highest BCUT2D eigenvalue weighted by Crippen LogP contribution is 2.22. The van der Waals surface area contributed by atoms with Gasteiger partial charge in [-0.05, 0) is 19.1 Å². The minimum absolute atomic E-state index is 0.109. The summed E-state index contributed by atoms with van der Waals surface area (Å²) in [5.41, 5.74) is 7.65. The molecule has 3 N–H and O–H groups in total. The van der Waals surface area contributed by atoms with E-state index >= 15 is 0 Å². The molecule has 114 valence electrons. The van der Waals surface area contributed by atoms with Crippen LogP contribution in [0.15, 0.2) is 24.3 Å². The molecule has 1 heterocycles. The third-order valence-electron chi connectivity index (χ3n) is 3.60. The first-order valence-electron chi connectivity index (χ1n) is 6.92. The van der Waals surface area contributed by atoms with Crippen LogP contribution in [-0.4, -0.2) is 42.8 Å². The van der Waals surface area contributed by atoms with Gasteiger partial charge in [0, 0.05) is 18.3 Å². The molecule has 0 saturated carbocycles. The average molecular weight is 292 g/mol. The number of hydrogen-bond acceptors (Lipinski definition) is 4. The fourth-order valence-corrected chi connectivity index (χ4v) is 2.32. The second-order valence-electron chi connectivity index (χ2n) is 5.28. The van der Waals surface area contributed by atoms with Crippen molar-refractivity contribution >= 4 is 17.6 Å². The van der Waals surface area contributed by atoms with Crippen molar-refractivity contribution in [1.82, 2.24) is 0 Å². The minimum Gasteiger partial charge on any atom is -0.481 e. The molecular formula is C15H20N2O4. The number of carbonyl (C=O) groups excluding carboxylic acids is 1. The van der Waals surface area contributed by atoms with Crippen molar-refractivity contribution in [3.8, 4) is 0 Å². The normalized spacial score (nSPS) is 21.2. The lowest BCUT2D eigenvalue weighted by Crippen LogP contribution is -2.44. The van der Waals surface area contributed by atoms with Crippen molar-refractivity contribution in [1.29, 1.82) is 0 Å². The molecule has 0 bridgehead atoms. The summed E-state index contributed by atoms with van der Waals surface area (Å²) in [5.74, 6) is -1.53. The predicted molar refractivity (Wildman–Crippen MR) is 78.1 cm³/mol. The molecule has 6 heteroatoms. The van der Waals surface area contributed by atoms with Gasteiger partial charge in [0.15, 0.2) is 0 Å². The SMILES string of the molecule is Cc1ccc(N(CCC(=O)O)C(=O)C2COCC2N)cc1. The molecule has 2 unspecified atom stereocenters. The maximum atomic E-state index is 12.6. The molecule has 6 nitrogen and oxygen atoms in total. The average Bonchev–Trinajstić information content (AvgIpc) is 2.86. The standard InChI is InChI=1S/C15H20N2O4/c1-10-2-4-11(5-3-10)17(7-6-14(18)19)15(20)12-8-21-9-13(12)16/h2-5,12-13H,6-9,16H2,1H3,(H,18,19). The highest BCUT2D eigenvalue weighted by atomic mass is 16.5. The number of carbonyl (C=O) groups is 2. The van der Waals surface area contributed by atoms with Gasteiger partial charge >= 0.3 is 5.97 Å². The monoisotopic (exact) mass is 292 g/mol. The van der Waals surface area contributed by atoms with Crippen molar-refractivity contribution in [3.05, 3.63) is 29.8 Å². The van der Waals surface area contributed by atoms with Crippen LogP contribution in [-0.2, 0) is 14.3 Å². The molecule has 0 spiro atoms. The molecule has 1 aromatic carbocycles. The fraction of sp³-hybridized carbons (Fsp3) is 0.467. The van der Waals surface area contributed by atoms with Gasteiger partial charge in [-0.2, -0.15) is 0 Å². The molecule has 2 rings (SSSR count). The highest BCUT2D eigenvalue weighted by molar-refractivity contribution is 5.96. The molecule has 2 atom stereocenters. The van der Waals surface area contributed by atoms with Gasteiger partial charge in [0.1, 0.15) is 0 Å². The zero-order valence-corrected chi connectivity index (χ0v) is 12.0. The third kappa shape index (κ3) is 3.80. The lowest BCUT2D eigenvalue weighted by molar-refractivity contribution is -0.136. The molecule has 1 aromatic rings. The zero-order chi connectivity index (χ0) is 15.4. The predicted octanol–water partition coefficient (Wildman–Crippen LogP) is 0.776. The van der Waals surface area contributed by atoms with E-state index in [2.05, 4.69) is 0 Å². The second-order valence-corrected chi connectivity index (χ2v) is 5.28. The van der Waals surface area contributed by atoms with Crippen LogP contribution < -0.4 is 10.6 Å². The van der Waals surface area contributed by atoms with Crippen LogP contribution in [0.5, 0.6) is 0 Å². The maximum Gasteiger partial charge on any atom is 0.305 e. The molecule has 1 fully saturated rings. The van der Waals surface area contributed by atoms with E-state index in [9.17, 15) is 9.59 Å². The number of nitrogens with two attached hydrogens (primary N) is 1. The van der Waals surface area contributed by atoms with Gasteiger partial charge in [0.05, 0.1) is 25.6 Å². The summed E-state index contributed by atoms with van der Waals surface area (Å²) in [6.45, 7) is 2.72. The van der Waals surface area contributed by atoms with E-state index < -0.39 is 11.9 Å². The van der Waals surface area contributed by atoms with E-state index in [0.717, 1.165) is 5.56 Å². The molecule has 0 radical (unpaired) electrons. The molecule has 21 heavy (non-hydrogen) atoms. The number of benzene rings is 1. The zero-order valence-electron chi connectivity index (χ0n) is 12.0. The number of aliphatic carboxylic acids is 1. The molecule has 1 saturated heterocycles. The Balaban J connectivity index is 2.20. The van der Waals surface area contributed by atoms with Gasteiger partial charge in [-0.25, -0.2) is 0 Å². The Morgan fingerprint density at radius 3 is 2.52 bits per heavy atom. The third-order valence-corrected chi connectivity index (χ3v) is 3.60. The number of amides is 1. The highest BCUT2D eigenvalue weighted by Gasteiger charge is 2.35. The Kier molecular flexibility index (Phi) is 4.93. The number of carboxylic acids is 1. The fourth-order valence-electron chi connectivity index (χ4n) is 2.32. The topological polar surface area (TPSA) is 92.9 Å². The van der Waals surface area contributed by atoms with E-state index in [1.165, 1.54) is 4.90 Å². The number of ether oxygens (including phenoxy) is 1. The summed E-state index contributed by atoms with van der Waals surface area (Å²) < 4.78 is 5.23. The van der Waals surface area contributed by atoms with Crippen LogP contribution in [0.2, 0.25) is 0 Å². The van der Waals surface area contributed by atoms with Crippen LogP contribution in [0.4, 0.5) is 5.69 Å². The van der Waals surface area contributed by atoms with Crippen LogP contribution in [0.1, 0.15) is 12.0 Å². The maximum absolute atomic E-state index is 12.6. The molecule has 1 aliphatic heterocycles. The molecule has 1 aliphatic rings. The summed E-state index contributed by atoms with van der Waals surface area (Å²) in [7, 11) is 0. The van der Waals surface area contributed by atoms with E-state index in [0.29, 0.717) is 12.3 Å². The van der Waals surface area contributed by atoms with Gasteiger partial charge in [-0.1, -0.05) is 17.7 Å². The van der Waals surface area contributed by atoms with Gasteiger partial charge < -0.3 is 20.5 Å². The Morgan fingerprint density at radius 2 is 2.00 bits per heavy atom. The van der Waals surface area contributed by atoms with E-state index in [1.807, 2.05) is 31.2 Å². The lowest BCUT2D eigenvalue weighted by atomic mass is 10.0. The Labute approximate surface area is 123 Å². The van der Waals surface area contributed by atoms with Crippen LogP contribution in [0.3, 0.4) is 0 Å². The number of nitrogens with zero attached hydrogens (tertiary/aromatic N) is 1. The summed E-state index contributed by atoms with van der Waals surface area (Å²) in [5, 5.41) is 8.87. The van der Waals surface area contributed by atoms with Gasteiger partial charge in [0.25, 0.3) is 0 Å². The number of hydrogen-bond donors (Lipinski definition) is 2. The number of aryl methyl sites for hydroxylation is 1. The minimum atomic E-state index is -0.938. The van der Waals surface area contributed by atoms with Gasteiger partial charge in [0.2, 0.25) is 5.91 Å². The first-order chi connectivity index (χ1) is 9.99. The lowest BCUT2D eigenvalue weighted by Gasteiger charge is -2.26. The number of rotatable bonds is 5. The summed E-state index contributed by atoms with van der Waals surface area (Å²) in [6.07, 6.45) is -0.109. The van der Waals surface area contributed by atoms with Crippen molar-refractivity contribution < 1.29 is 19.4 Å².